The third-order valence-electron chi connectivity index (χ3n) is 4.34. The summed E-state index contributed by atoms with van der Waals surface area (Å²) in [6.45, 7) is 8.64. The van der Waals surface area contributed by atoms with Crippen LogP contribution in [0.1, 0.15) is 38.7 Å². The zero-order valence-electron chi connectivity index (χ0n) is 13.8. The molecule has 4 heteroatoms. The van der Waals surface area contributed by atoms with Crippen molar-refractivity contribution in [3.05, 3.63) is 35.9 Å². The monoisotopic (exact) mass is 302 g/mol. The summed E-state index contributed by atoms with van der Waals surface area (Å²) in [6.07, 6.45) is 0.534. The van der Waals surface area contributed by atoms with Crippen molar-refractivity contribution in [2.24, 2.45) is 5.92 Å². The Labute approximate surface area is 133 Å². The summed E-state index contributed by atoms with van der Waals surface area (Å²) in [5.41, 5.74) is 1.08. The molecule has 1 unspecified atom stereocenters. The maximum absolute atomic E-state index is 12.9. The Hall–Kier alpha value is -1.84. The smallest absolute Gasteiger partial charge is 0.230 e. The van der Waals surface area contributed by atoms with Crippen molar-refractivity contribution in [3.8, 4) is 0 Å². The molecule has 1 aliphatic rings. The van der Waals surface area contributed by atoms with E-state index in [0.717, 1.165) is 5.56 Å². The maximum atomic E-state index is 12.9. The van der Waals surface area contributed by atoms with Gasteiger partial charge in [0.25, 0.3) is 0 Å². The van der Waals surface area contributed by atoms with E-state index in [2.05, 4.69) is 13.8 Å². The molecule has 4 nitrogen and oxygen atoms in total. The molecule has 0 saturated carbocycles. The molecule has 1 heterocycles. The van der Waals surface area contributed by atoms with Gasteiger partial charge in [-0.2, -0.15) is 0 Å². The third-order valence-corrected chi connectivity index (χ3v) is 4.34. The highest BCUT2D eigenvalue weighted by atomic mass is 16.2. The van der Waals surface area contributed by atoms with Gasteiger partial charge in [0.15, 0.2) is 0 Å². The fraction of sp³-hybridized carbons (Fsp3) is 0.556. The highest BCUT2D eigenvalue weighted by Gasteiger charge is 2.31. The van der Waals surface area contributed by atoms with Gasteiger partial charge in [-0.25, -0.2) is 0 Å². The predicted octanol–water partition coefficient (Wildman–Crippen LogP) is 2.51. The van der Waals surface area contributed by atoms with Gasteiger partial charge in [0.1, 0.15) is 0 Å². The number of carbonyl (C=O) groups excluding carboxylic acids is 2. The van der Waals surface area contributed by atoms with Crippen LogP contribution in [0.25, 0.3) is 0 Å². The van der Waals surface area contributed by atoms with Gasteiger partial charge in [0.2, 0.25) is 11.8 Å². The van der Waals surface area contributed by atoms with E-state index < -0.39 is 0 Å². The normalized spacial score (nSPS) is 16.7. The molecule has 0 N–H and O–H groups in total. The Morgan fingerprint density at radius 3 is 2.05 bits per heavy atom. The van der Waals surface area contributed by atoms with Crippen molar-refractivity contribution >= 4 is 11.8 Å². The van der Waals surface area contributed by atoms with E-state index in [1.54, 1.807) is 0 Å². The molecule has 120 valence electrons. The molecule has 0 aromatic heterocycles. The summed E-state index contributed by atoms with van der Waals surface area (Å²) in [7, 11) is 0. The average molecular weight is 302 g/mol. The van der Waals surface area contributed by atoms with E-state index in [4.69, 9.17) is 0 Å². The van der Waals surface area contributed by atoms with Gasteiger partial charge in [-0.1, -0.05) is 51.1 Å². The molecule has 2 rings (SSSR count). The van der Waals surface area contributed by atoms with Gasteiger partial charge in [-0.3, -0.25) is 9.59 Å². The first-order valence-electron chi connectivity index (χ1n) is 8.16. The number of piperazine rings is 1. The van der Waals surface area contributed by atoms with E-state index in [0.29, 0.717) is 32.6 Å². The lowest BCUT2D eigenvalue weighted by molar-refractivity contribution is -0.141. The van der Waals surface area contributed by atoms with E-state index in [-0.39, 0.29) is 23.7 Å². The lowest BCUT2D eigenvalue weighted by atomic mass is 9.87. The zero-order valence-corrected chi connectivity index (χ0v) is 13.8. The van der Waals surface area contributed by atoms with Crippen LogP contribution in [0, 0.1) is 5.92 Å². The van der Waals surface area contributed by atoms with Crippen LogP contribution < -0.4 is 0 Å². The SMILES string of the molecule is CCC(=O)N1CCN(C(=O)C(c2ccccc2)C(C)C)CC1. The largest absolute Gasteiger partial charge is 0.339 e. The van der Waals surface area contributed by atoms with Crippen molar-refractivity contribution in [1.29, 1.82) is 0 Å². The summed E-state index contributed by atoms with van der Waals surface area (Å²) in [5, 5.41) is 0. The molecule has 22 heavy (non-hydrogen) atoms. The lowest BCUT2D eigenvalue weighted by Crippen LogP contribution is -2.52. The summed E-state index contributed by atoms with van der Waals surface area (Å²) in [6, 6.07) is 9.99. The second-order valence-corrected chi connectivity index (χ2v) is 6.19. The van der Waals surface area contributed by atoms with Crippen molar-refractivity contribution < 1.29 is 9.59 Å². The first-order chi connectivity index (χ1) is 10.5. The number of nitrogens with zero attached hydrogens (tertiary/aromatic N) is 2. The first-order valence-corrected chi connectivity index (χ1v) is 8.16. The van der Waals surface area contributed by atoms with Crippen LogP contribution >= 0.6 is 0 Å². The quantitative estimate of drug-likeness (QED) is 0.857. The van der Waals surface area contributed by atoms with Crippen molar-refractivity contribution in [1.82, 2.24) is 9.80 Å². The number of hydrogen-bond acceptors (Lipinski definition) is 2. The number of hydrogen-bond donors (Lipinski definition) is 0. The molecule has 0 spiro atoms. The minimum Gasteiger partial charge on any atom is -0.339 e. The molecule has 0 aliphatic carbocycles. The molecule has 1 aromatic rings. The Balaban J connectivity index is 2.05. The Morgan fingerprint density at radius 2 is 1.55 bits per heavy atom. The van der Waals surface area contributed by atoms with Crippen molar-refractivity contribution in [2.75, 3.05) is 26.2 Å². The molecule has 0 bridgehead atoms. The fourth-order valence-electron chi connectivity index (χ4n) is 3.07. The highest BCUT2D eigenvalue weighted by molar-refractivity contribution is 5.84. The van der Waals surface area contributed by atoms with E-state index >= 15 is 0 Å². The van der Waals surface area contributed by atoms with Crippen molar-refractivity contribution in [3.63, 3.8) is 0 Å². The summed E-state index contributed by atoms with van der Waals surface area (Å²) in [5.74, 6) is 0.514. The van der Waals surface area contributed by atoms with E-state index in [1.165, 1.54) is 0 Å². The molecule has 1 atom stereocenters. The fourth-order valence-corrected chi connectivity index (χ4v) is 3.07. The molecular formula is C18H26N2O2. The molecular weight excluding hydrogens is 276 g/mol. The zero-order chi connectivity index (χ0) is 16.1. The maximum Gasteiger partial charge on any atom is 0.230 e. The molecule has 2 amide bonds. The van der Waals surface area contributed by atoms with Crippen LogP contribution in [0.4, 0.5) is 0 Å². The van der Waals surface area contributed by atoms with Crippen molar-refractivity contribution in [2.45, 2.75) is 33.1 Å². The van der Waals surface area contributed by atoms with Crippen LogP contribution in [-0.2, 0) is 9.59 Å². The van der Waals surface area contributed by atoms with Crippen LogP contribution in [-0.4, -0.2) is 47.8 Å². The summed E-state index contributed by atoms with van der Waals surface area (Å²) >= 11 is 0. The van der Waals surface area contributed by atoms with Crippen LogP contribution in [0.5, 0.6) is 0 Å². The van der Waals surface area contributed by atoms with Crippen LogP contribution in [0.3, 0.4) is 0 Å². The minimum absolute atomic E-state index is 0.102. The minimum atomic E-state index is -0.102. The molecule has 1 fully saturated rings. The van der Waals surface area contributed by atoms with Gasteiger partial charge in [-0.05, 0) is 11.5 Å². The number of carbonyl (C=O) groups is 2. The molecule has 1 aliphatic heterocycles. The summed E-state index contributed by atoms with van der Waals surface area (Å²) in [4.78, 5) is 28.4. The number of benzene rings is 1. The highest BCUT2D eigenvalue weighted by Crippen LogP contribution is 2.27. The van der Waals surface area contributed by atoms with Gasteiger partial charge < -0.3 is 9.80 Å². The second kappa shape index (κ2) is 7.43. The number of rotatable bonds is 4. The Morgan fingerprint density at radius 1 is 1.00 bits per heavy atom. The predicted molar refractivity (Wildman–Crippen MR) is 87.5 cm³/mol. The van der Waals surface area contributed by atoms with Crippen LogP contribution in [0.2, 0.25) is 0 Å². The number of amides is 2. The molecule has 0 radical (unpaired) electrons. The topological polar surface area (TPSA) is 40.6 Å². The Kier molecular flexibility index (Phi) is 5.58. The second-order valence-electron chi connectivity index (χ2n) is 6.19. The Bertz CT molecular complexity index is 505. The molecule has 1 aromatic carbocycles. The molecule has 1 saturated heterocycles. The van der Waals surface area contributed by atoms with E-state index in [1.807, 2.05) is 47.1 Å². The van der Waals surface area contributed by atoms with Gasteiger partial charge in [0.05, 0.1) is 5.92 Å². The first kappa shape index (κ1) is 16.5. The van der Waals surface area contributed by atoms with E-state index in [9.17, 15) is 9.59 Å². The standard InChI is InChI=1S/C18H26N2O2/c1-4-16(21)19-10-12-20(13-11-19)18(22)17(14(2)3)15-8-6-5-7-9-15/h5-9,14,17H,4,10-13H2,1-3H3. The average Bonchev–Trinajstić information content (AvgIpc) is 2.55. The van der Waals surface area contributed by atoms with Gasteiger partial charge >= 0.3 is 0 Å². The third kappa shape index (κ3) is 3.67. The van der Waals surface area contributed by atoms with Crippen LogP contribution in [0.15, 0.2) is 30.3 Å². The summed E-state index contributed by atoms with van der Waals surface area (Å²) < 4.78 is 0. The van der Waals surface area contributed by atoms with Gasteiger partial charge in [0, 0.05) is 32.6 Å². The van der Waals surface area contributed by atoms with Gasteiger partial charge in [-0.15, -0.1) is 0 Å². The lowest BCUT2D eigenvalue weighted by Gasteiger charge is -2.37.